The van der Waals surface area contributed by atoms with Crippen LogP contribution in [-0.4, -0.2) is 18.6 Å². The number of aromatic amines is 1. The van der Waals surface area contributed by atoms with Crippen molar-refractivity contribution in [3.8, 4) is 16.9 Å². The van der Waals surface area contributed by atoms with Crippen LogP contribution in [0.3, 0.4) is 0 Å². The molecule has 3 N–H and O–H groups in total. The van der Waals surface area contributed by atoms with E-state index in [0.717, 1.165) is 37.9 Å². The second-order valence-electron chi connectivity index (χ2n) is 6.44. The number of H-pyrrole nitrogens is 1. The zero-order chi connectivity index (χ0) is 20.3. The Kier molecular flexibility index (Phi) is 6.17. The minimum atomic E-state index is -0.0502. The Bertz CT molecular complexity index is 1140. The molecule has 0 aliphatic heterocycles. The zero-order valence-corrected chi connectivity index (χ0v) is 17.5. The molecule has 0 amide bonds. The van der Waals surface area contributed by atoms with Crippen LogP contribution < -0.4 is 16.0 Å². The molecule has 0 spiro atoms. The average molecular weight is 395 g/mol. The van der Waals surface area contributed by atoms with Gasteiger partial charge in [-0.05, 0) is 47.2 Å². The summed E-state index contributed by atoms with van der Waals surface area (Å²) in [7, 11) is 1.67. The number of nitrogens with one attached hydrogen (secondary N) is 1. The molecule has 0 saturated carbocycles. The van der Waals surface area contributed by atoms with Gasteiger partial charge in [-0.25, -0.2) is 0 Å². The number of nitrogens with two attached hydrogens (primary N) is 1. The highest BCUT2D eigenvalue weighted by atomic mass is 32.1. The van der Waals surface area contributed by atoms with Crippen molar-refractivity contribution in [1.82, 2.24) is 4.98 Å². The van der Waals surface area contributed by atoms with Crippen LogP contribution >= 0.6 is 11.3 Å². The molecule has 0 aliphatic rings. The molecule has 0 saturated heterocycles. The first-order valence-electron chi connectivity index (χ1n) is 9.54. The van der Waals surface area contributed by atoms with Crippen LogP contribution in [0, 0.1) is 0 Å². The largest absolute Gasteiger partial charge is 0.496 e. The highest BCUT2D eigenvalue weighted by Gasteiger charge is 2.16. The fourth-order valence-electron chi connectivity index (χ4n) is 3.40. The predicted octanol–water partition coefficient (Wildman–Crippen LogP) is 5.51. The lowest BCUT2D eigenvalue weighted by atomic mass is 9.94. The molecule has 5 heteroatoms. The van der Waals surface area contributed by atoms with E-state index in [2.05, 4.69) is 36.2 Å². The summed E-state index contributed by atoms with van der Waals surface area (Å²) >= 11 is 1.46. The van der Waals surface area contributed by atoms with Crippen LogP contribution in [0.5, 0.6) is 5.75 Å². The smallest absolute Gasteiger partial charge is 0.266 e. The quantitative estimate of drug-likeness (QED) is 0.480. The van der Waals surface area contributed by atoms with Crippen molar-refractivity contribution in [3.05, 3.63) is 63.8 Å². The fraction of sp³-hybridized carbons (Fsp3) is 0.261. The topological polar surface area (TPSA) is 68.1 Å². The number of aromatic nitrogens is 1. The van der Waals surface area contributed by atoms with Gasteiger partial charge in [-0.1, -0.05) is 45.0 Å². The van der Waals surface area contributed by atoms with E-state index in [0.29, 0.717) is 12.5 Å². The van der Waals surface area contributed by atoms with Gasteiger partial charge in [0, 0.05) is 21.9 Å². The number of hydrogen-bond acceptors (Lipinski definition) is 4. The standard InChI is InChI=1S/C21H20N2O2S.C2H6/c1-12(11-22)13-3-5-14(6-4-13)18-17(25-2)8-7-16-19(18)15-9-10-26-20(15)21(24)23-16;1-2/h3-10,12H,11,22H2,1-2H3,(H,23,24);1-2H3. The van der Waals surface area contributed by atoms with Gasteiger partial charge in [-0.2, -0.15) is 0 Å². The van der Waals surface area contributed by atoms with Crippen LogP contribution in [0.15, 0.2) is 52.6 Å². The van der Waals surface area contributed by atoms with Gasteiger partial charge < -0.3 is 15.5 Å². The summed E-state index contributed by atoms with van der Waals surface area (Å²) in [6.45, 7) is 6.74. The van der Waals surface area contributed by atoms with Crippen molar-refractivity contribution in [2.45, 2.75) is 26.7 Å². The predicted molar refractivity (Wildman–Crippen MR) is 121 cm³/mol. The first kappa shape index (κ1) is 20.1. The summed E-state index contributed by atoms with van der Waals surface area (Å²) in [5.74, 6) is 1.11. The number of fused-ring (bicyclic) bond motifs is 3. The van der Waals surface area contributed by atoms with Crippen molar-refractivity contribution in [1.29, 1.82) is 0 Å². The first-order valence-corrected chi connectivity index (χ1v) is 10.4. The lowest BCUT2D eigenvalue weighted by molar-refractivity contribution is 0.417. The number of thiophene rings is 1. The third-order valence-electron chi connectivity index (χ3n) is 4.90. The Hall–Kier alpha value is -2.63. The zero-order valence-electron chi connectivity index (χ0n) is 16.7. The van der Waals surface area contributed by atoms with E-state index in [4.69, 9.17) is 10.5 Å². The molecule has 146 valence electrons. The minimum absolute atomic E-state index is 0.0502. The van der Waals surface area contributed by atoms with Crippen LogP contribution in [0.4, 0.5) is 0 Å². The number of benzene rings is 2. The number of hydrogen-bond donors (Lipinski definition) is 2. The van der Waals surface area contributed by atoms with Gasteiger partial charge >= 0.3 is 0 Å². The van der Waals surface area contributed by atoms with Crippen LogP contribution in [0.25, 0.3) is 32.1 Å². The molecular formula is C23H26N2O2S. The molecule has 4 aromatic rings. The summed E-state index contributed by atoms with van der Waals surface area (Å²) in [5, 5.41) is 3.93. The van der Waals surface area contributed by atoms with E-state index in [1.807, 2.05) is 37.4 Å². The van der Waals surface area contributed by atoms with Gasteiger partial charge in [0.05, 0.1) is 7.11 Å². The first-order chi connectivity index (χ1) is 13.6. The van der Waals surface area contributed by atoms with E-state index in [1.165, 1.54) is 16.9 Å². The highest BCUT2D eigenvalue weighted by molar-refractivity contribution is 7.17. The third kappa shape index (κ3) is 3.43. The lowest BCUT2D eigenvalue weighted by Crippen LogP contribution is -2.08. The van der Waals surface area contributed by atoms with Gasteiger partial charge in [0.2, 0.25) is 0 Å². The van der Waals surface area contributed by atoms with E-state index in [-0.39, 0.29) is 5.56 Å². The number of ether oxygens (including phenoxy) is 1. The molecule has 1 unspecified atom stereocenters. The SMILES string of the molecule is CC.COc1ccc2[nH]c(=O)c3sccc3c2c1-c1ccc(C(C)CN)cc1. The number of methoxy groups -OCH3 is 1. The Morgan fingerprint density at radius 1 is 1.11 bits per heavy atom. The Balaban J connectivity index is 0.00000109. The van der Waals surface area contributed by atoms with Gasteiger partial charge in [0.1, 0.15) is 10.4 Å². The molecule has 4 rings (SSSR count). The lowest BCUT2D eigenvalue weighted by Gasteiger charge is -2.15. The summed E-state index contributed by atoms with van der Waals surface area (Å²) in [6, 6.07) is 14.2. The Morgan fingerprint density at radius 3 is 2.46 bits per heavy atom. The number of rotatable bonds is 4. The molecule has 2 heterocycles. The van der Waals surface area contributed by atoms with E-state index in [9.17, 15) is 4.79 Å². The van der Waals surface area contributed by atoms with E-state index < -0.39 is 0 Å². The Labute approximate surface area is 169 Å². The molecule has 0 bridgehead atoms. The van der Waals surface area contributed by atoms with Gasteiger partial charge in [-0.3, -0.25) is 4.79 Å². The van der Waals surface area contributed by atoms with Crippen molar-refractivity contribution >= 4 is 32.3 Å². The molecule has 0 aliphatic carbocycles. The minimum Gasteiger partial charge on any atom is -0.496 e. The normalized spacial score (nSPS) is 11.9. The van der Waals surface area contributed by atoms with Crippen LogP contribution in [0.1, 0.15) is 32.3 Å². The highest BCUT2D eigenvalue weighted by Crippen LogP contribution is 2.40. The van der Waals surface area contributed by atoms with Crippen molar-refractivity contribution in [3.63, 3.8) is 0 Å². The summed E-state index contributed by atoms with van der Waals surface area (Å²) in [6.07, 6.45) is 0. The molecular weight excluding hydrogens is 368 g/mol. The maximum absolute atomic E-state index is 12.3. The van der Waals surface area contributed by atoms with E-state index >= 15 is 0 Å². The molecule has 4 nitrogen and oxygen atoms in total. The molecule has 2 aromatic carbocycles. The van der Waals surface area contributed by atoms with Gasteiger partial charge in [0.15, 0.2) is 0 Å². The fourth-order valence-corrected chi connectivity index (χ4v) is 4.19. The van der Waals surface area contributed by atoms with Crippen molar-refractivity contribution in [2.24, 2.45) is 5.73 Å². The van der Waals surface area contributed by atoms with Crippen LogP contribution in [-0.2, 0) is 0 Å². The van der Waals surface area contributed by atoms with Crippen molar-refractivity contribution < 1.29 is 4.74 Å². The second kappa shape index (κ2) is 8.59. The molecule has 0 fully saturated rings. The monoisotopic (exact) mass is 394 g/mol. The second-order valence-corrected chi connectivity index (χ2v) is 7.36. The summed E-state index contributed by atoms with van der Waals surface area (Å²) in [4.78, 5) is 15.3. The third-order valence-corrected chi connectivity index (χ3v) is 5.81. The molecule has 2 aromatic heterocycles. The average Bonchev–Trinajstić information content (AvgIpc) is 3.25. The van der Waals surface area contributed by atoms with Crippen molar-refractivity contribution in [2.75, 3.05) is 13.7 Å². The number of pyridine rings is 1. The van der Waals surface area contributed by atoms with Gasteiger partial charge in [0.25, 0.3) is 5.56 Å². The van der Waals surface area contributed by atoms with Gasteiger partial charge in [-0.15, -0.1) is 11.3 Å². The summed E-state index contributed by atoms with van der Waals surface area (Å²) < 4.78 is 6.39. The maximum atomic E-state index is 12.3. The summed E-state index contributed by atoms with van der Waals surface area (Å²) in [5.41, 5.74) is 9.82. The molecule has 1 atom stereocenters. The Morgan fingerprint density at radius 2 is 1.82 bits per heavy atom. The molecule has 0 radical (unpaired) electrons. The molecule has 28 heavy (non-hydrogen) atoms. The van der Waals surface area contributed by atoms with E-state index in [1.54, 1.807) is 7.11 Å². The maximum Gasteiger partial charge on any atom is 0.266 e. The van der Waals surface area contributed by atoms with Crippen LogP contribution in [0.2, 0.25) is 0 Å².